The highest BCUT2D eigenvalue weighted by atomic mass is 32.1. The number of hydrogen-bond acceptors (Lipinski definition) is 4. The van der Waals surface area contributed by atoms with Crippen LogP contribution in [0.15, 0.2) is 34.4 Å². The summed E-state index contributed by atoms with van der Waals surface area (Å²) in [4.78, 5) is 20.0. The summed E-state index contributed by atoms with van der Waals surface area (Å²) in [5.41, 5.74) is 3.97. The number of aromatic amines is 1. The van der Waals surface area contributed by atoms with Gasteiger partial charge in [-0.15, -0.1) is 11.3 Å². The van der Waals surface area contributed by atoms with Gasteiger partial charge >= 0.3 is 0 Å². The molecular formula is C17H19N3OS. The molecule has 4 nitrogen and oxygen atoms in total. The number of aromatic nitrogens is 2. The number of hydrogen-bond donors (Lipinski definition) is 2. The van der Waals surface area contributed by atoms with E-state index in [1.54, 1.807) is 17.4 Å². The van der Waals surface area contributed by atoms with Crippen LogP contribution in [-0.4, -0.2) is 9.97 Å². The van der Waals surface area contributed by atoms with Crippen LogP contribution in [0.3, 0.4) is 0 Å². The molecule has 0 radical (unpaired) electrons. The topological polar surface area (TPSA) is 57.8 Å². The second-order valence-corrected chi connectivity index (χ2v) is 6.66. The molecule has 5 heteroatoms. The van der Waals surface area contributed by atoms with Gasteiger partial charge in [0.2, 0.25) is 0 Å². The lowest BCUT2D eigenvalue weighted by molar-refractivity contribution is 0.557. The molecule has 3 aromatic rings. The van der Waals surface area contributed by atoms with Gasteiger partial charge in [-0.3, -0.25) is 4.79 Å². The Labute approximate surface area is 133 Å². The Balaban J connectivity index is 1.79. The molecule has 2 N–H and O–H groups in total. The number of thiazole rings is 1. The number of nitrogens with zero attached hydrogens (tertiary/aromatic N) is 1. The van der Waals surface area contributed by atoms with Crippen molar-refractivity contribution in [1.82, 2.24) is 15.3 Å². The van der Waals surface area contributed by atoms with Crippen LogP contribution in [0.4, 0.5) is 0 Å². The first-order valence-corrected chi connectivity index (χ1v) is 8.19. The number of benzene rings is 1. The molecule has 0 amide bonds. The first-order chi connectivity index (χ1) is 10.5. The fourth-order valence-electron chi connectivity index (χ4n) is 2.46. The van der Waals surface area contributed by atoms with Gasteiger partial charge in [-0.25, -0.2) is 4.98 Å². The Morgan fingerprint density at radius 1 is 1.32 bits per heavy atom. The lowest BCUT2D eigenvalue weighted by Crippen LogP contribution is -2.20. The maximum Gasteiger partial charge on any atom is 0.189 e. The number of rotatable bonds is 4. The van der Waals surface area contributed by atoms with Gasteiger partial charge in [-0.05, 0) is 32.9 Å². The van der Waals surface area contributed by atoms with Gasteiger partial charge in [0.25, 0.3) is 0 Å². The van der Waals surface area contributed by atoms with Gasteiger partial charge in [-0.1, -0.05) is 11.6 Å². The van der Waals surface area contributed by atoms with Crippen LogP contribution >= 0.6 is 11.3 Å². The molecule has 0 saturated carbocycles. The summed E-state index contributed by atoms with van der Waals surface area (Å²) < 4.78 is 0. The molecule has 1 atom stereocenters. The molecule has 1 aromatic carbocycles. The number of pyridine rings is 1. The van der Waals surface area contributed by atoms with E-state index in [0.717, 1.165) is 32.9 Å². The minimum absolute atomic E-state index is 0.0615. The van der Waals surface area contributed by atoms with E-state index in [-0.39, 0.29) is 11.5 Å². The minimum atomic E-state index is 0.0615. The van der Waals surface area contributed by atoms with Crippen molar-refractivity contribution in [3.8, 4) is 0 Å². The molecule has 0 bridgehead atoms. The molecule has 114 valence electrons. The van der Waals surface area contributed by atoms with Gasteiger partial charge in [-0.2, -0.15) is 0 Å². The predicted molar refractivity (Wildman–Crippen MR) is 91.4 cm³/mol. The van der Waals surface area contributed by atoms with Crippen molar-refractivity contribution in [1.29, 1.82) is 0 Å². The van der Waals surface area contributed by atoms with Crippen molar-refractivity contribution in [2.24, 2.45) is 0 Å². The molecule has 0 spiro atoms. The second kappa shape index (κ2) is 6.02. The van der Waals surface area contributed by atoms with E-state index in [1.165, 1.54) is 0 Å². The Morgan fingerprint density at radius 3 is 2.86 bits per heavy atom. The number of fused-ring (bicyclic) bond motifs is 1. The lowest BCUT2D eigenvalue weighted by Gasteiger charge is -2.12. The van der Waals surface area contributed by atoms with Crippen LogP contribution in [0.5, 0.6) is 0 Å². The van der Waals surface area contributed by atoms with Gasteiger partial charge < -0.3 is 10.3 Å². The van der Waals surface area contributed by atoms with Gasteiger partial charge in [0.05, 0.1) is 10.7 Å². The lowest BCUT2D eigenvalue weighted by atomic mass is 10.1. The molecule has 0 aliphatic heterocycles. The average Bonchev–Trinajstić information content (AvgIpc) is 2.92. The summed E-state index contributed by atoms with van der Waals surface area (Å²) in [7, 11) is 0. The Hall–Kier alpha value is -1.98. The SMILES string of the molecule is Cc1ccc2[nH]c(CNC(C)c3csc(C)n3)cc(=O)c2c1. The third-order valence-corrected chi connectivity index (χ3v) is 4.51. The van der Waals surface area contributed by atoms with Gasteiger partial charge in [0.15, 0.2) is 5.43 Å². The van der Waals surface area contributed by atoms with Crippen LogP contribution in [0.25, 0.3) is 10.9 Å². The summed E-state index contributed by atoms with van der Waals surface area (Å²) >= 11 is 1.65. The number of H-pyrrole nitrogens is 1. The van der Waals surface area contributed by atoms with Crippen molar-refractivity contribution in [2.75, 3.05) is 0 Å². The van der Waals surface area contributed by atoms with Crippen LogP contribution in [-0.2, 0) is 6.54 Å². The quantitative estimate of drug-likeness (QED) is 0.775. The first-order valence-electron chi connectivity index (χ1n) is 7.31. The highest BCUT2D eigenvalue weighted by molar-refractivity contribution is 7.09. The molecule has 1 unspecified atom stereocenters. The smallest absolute Gasteiger partial charge is 0.189 e. The molecule has 2 aromatic heterocycles. The van der Waals surface area contributed by atoms with E-state index in [2.05, 4.69) is 27.6 Å². The minimum Gasteiger partial charge on any atom is -0.357 e. The molecule has 0 aliphatic rings. The zero-order chi connectivity index (χ0) is 15.7. The normalized spacial score (nSPS) is 12.7. The van der Waals surface area contributed by atoms with Gasteiger partial charge in [0.1, 0.15) is 0 Å². The van der Waals surface area contributed by atoms with Crippen LogP contribution in [0.2, 0.25) is 0 Å². The third kappa shape index (κ3) is 3.10. The van der Waals surface area contributed by atoms with E-state index in [1.807, 2.05) is 32.0 Å². The fraction of sp³-hybridized carbons (Fsp3) is 0.294. The van der Waals surface area contributed by atoms with E-state index in [4.69, 9.17) is 0 Å². The average molecular weight is 313 g/mol. The molecular weight excluding hydrogens is 294 g/mol. The maximum absolute atomic E-state index is 12.2. The molecule has 0 fully saturated rings. The molecule has 0 saturated heterocycles. The highest BCUT2D eigenvalue weighted by Crippen LogP contribution is 2.16. The zero-order valence-corrected chi connectivity index (χ0v) is 13.8. The highest BCUT2D eigenvalue weighted by Gasteiger charge is 2.09. The largest absolute Gasteiger partial charge is 0.357 e. The zero-order valence-electron chi connectivity index (χ0n) is 12.9. The van der Waals surface area contributed by atoms with Gasteiger partial charge in [0, 0.05) is 40.6 Å². The van der Waals surface area contributed by atoms with Crippen molar-refractivity contribution in [3.63, 3.8) is 0 Å². The standard InChI is InChI=1S/C17H19N3OS/c1-10-4-5-15-14(6-10)17(21)7-13(20-15)8-18-11(2)16-9-22-12(3)19-16/h4-7,9,11,18H,8H2,1-3H3,(H,20,21). The second-order valence-electron chi connectivity index (χ2n) is 5.60. The predicted octanol–water partition coefficient (Wildman–Crippen LogP) is 3.45. The fourth-order valence-corrected chi connectivity index (χ4v) is 3.16. The summed E-state index contributed by atoms with van der Waals surface area (Å²) in [6, 6.07) is 7.72. The van der Waals surface area contributed by atoms with E-state index in [9.17, 15) is 4.79 Å². The summed E-state index contributed by atoms with van der Waals surface area (Å²) in [5, 5.41) is 7.28. The maximum atomic E-state index is 12.2. The van der Waals surface area contributed by atoms with Crippen molar-refractivity contribution < 1.29 is 0 Å². The van der Waals surface area contributed by atoms with E-state index >= 15 is 0 Å². The van der Waals surface area contributed by atoms with Crippen molar-refractivity contribution in [3.05, 3.63) is 61.8 Å². The Bertz CT molecular complexity index is 866. The molecule has 0 aliphatic carbocycles. The van der Waals surface area contributed by atoms with E-state index in [0.29, 0.717) is 6.54 Å². The van der Waals surface area contributed by atoms with Crippen LogP contribution in [0, 0.1) is 13.8 Å². The first kappa shape index (κ1) is 14.9. The van der Waals surface area contributed by atoms with E-state index < -0.39 is 0 Å². The number of aryl methyl sites for hydroxylation is 2. The molecule has 22 heavy (non-hydrogen) atoms. The van der Waals surface area contributed by atoms with Crippen molar-refractivity contribution >= 4 is 22.2 Å². The molecule has 2 heterocycles. The van der Waals surface area contributed by atoms with Crippen LogP contribution < -0.4 is 10.7 Å². The van der Waals surface area contributed by atoms with Crippen LogP contribution in [0.1, 0.15) is 34.9 Å². The van der Waals surface area contributed by atoms with Crippen molar-refractivity contribution in [2.45, 2.75) is 33.4 Å². The Kier molecular flexibility index (Phi) is 4.09. The Morgan fingerprint density at radius 2 is 2.14 bits per heavy atom. The summed E-state index contributed by atoms with van der Waals surface area (Å²) in [6.07, 6.45) is 0. The monoisotopic (exact) mass is 313 g/mol. The third-order valence-electron chi connectivity index (χ3n) is 3.72. The molecule has 3 rings (SSSR count). The summed E-state index contributed by atoms with van der Waals surface area (Å²) in [6.45, 7) is 6.68. The number of nitrogens with one attached hydrogen (secondary N) is 2. The summed E-state index contributed by atoms with van der Waals surface area (Å²) in [5.74, 6) is 0.